The van der Waals surface area contributed by atoms with Crippen LogP contribution < -0.4 is 10.5 Å². The van der Waals surface area contributed by atoms with Gasteiger partial charge in [0.25, 0.3) is 0 Å². The van der Waals surface area contributed by atoms with Gasteiger partial charge in [-0.25, -0.2) is 4.98 Å². The molecular formula is C12H11BrF3N3O. The van der Waals surface area contributed by atoms with Crippen LogP contribution in [0, 0.1) is 0 Å². The second-order valence-corrected chi connectivity index (χ2v) is 5.05. The van der Waals surface area contributed by atoms with Gasteiger partial charge in [-0.1, -0.05) is 15.9 Å². The maximum Gasteiger partial charge on any atom is 0.573 e. The monoisotopic (exact) mass is 349 g/mol. The van der Waals surface area contributed by atoms with Crippen LogP contribution in [-0.4, -0.2) is 15.9 Å². The molecule has 108 valence electrons. The highest BCUT2D eigenvalue weighted by atomic mass is 79.9. The number of rotatable bonds is 3. The van der Waals surface area contributed by atoms with Gasteiger partial charge in [-0.2, -0.15) is 0 Å². The standard InChI is InChI=1S/C12H11BrF3N3O/c1-7(17)10-5-18-6-19(10)9-3-2-8(13)4-11(9)20-12(14,15)16/h2-7H,17H2,1H3. The third kappa shape index (κ3) is 3.31. The summed E-state index contributed by atoms with van der Waals surface area (Å²) in [6.45, 7) is 1.72. The topological polar surface area (TPSA) is 53.1 Å². The Labute approximate surface area is 121 Å². The first-order valence-electron chi connectivity index (χ1n) is 5.61. The molecule has 2 aromatic rings. The Balaban J connectivity index is 2.53. The van der Waals surface area contributed by atoms with Crippen LogP contribution in [0.3, 0.4) is 0 Å². The lowest BCUT2D eigenvalue weighted by Crippen LogP contribution is -2.19. The fourth-order valence-electron chi connectivity index (χ4n) is 1.74. The molecule has 0 bridgehead atoms. The van der Waals surface area contributed by atoms with Crippen LogP contribution in [0.25, 0.3) is 5.69 Å². The second-order valence-electron chi connectivity index (χ2n) is 4.14. The van der Waals surface area contributed by atoms with Gasteiger partial charge in [-0.3, -0.25) is 4.57 Å². The molecule has 8 heteroatoms. The maximum absolute atomic E-state index is 12.5. The van der Waals surface area contributed by atoms with Crippen LogP contribution in [-0.2, 0) is 0 Å². The van der Waals surface area contributed by atoms with E-state index in [0.717, 1.165) is 0 Å². The van der Waals surface area contributed by atoms with Crippen molar-refractivity contribution in [1.29, 1.82) is 0 Å². The van der Waals surface area contributed by atoms with Gasteiger partial charge in [0.2, 0.25) is 0 Å². The summed E-state index contributed by atoms with van der Waals surface area (Å²) in [5.41, 5.74) is 6.57. The van der Waals surface area contributed by atoms with Gasteiger partial charge in [0.1, 0.15) is 0 Å². The Kier molecular flexibility index (Phi) is 4.05. The first-order valence-corrected chi connectivity index (χ1v) is 6.41. The smallest absolute Gasteiger partial charge is 0.403 e. The van der Waals surface area contributed by atoms with Gasteiger partial charge in [0.05, 0.1) is 23.9 Å². The molecule has 4 nitrogen and oxygen atoms in total. The zero-order valence-electron chi connectivity index (χ0n) is 10.4. The molecule has 0 aliphatic heterocycles. The lowest BCUT2D eigenvalue weighted by Gasteiger charge is -2.16. The Morgan fingerprint density at radius 3 is 2.70 bits per heavy atom. The van der Waals surface area contributed by atoms with Crippen molar-refractivity contribution >= 4 is 15.9 Å². The molecule has 1 unspecified atom stereocenters. The minimum atomic E-state index is -4.77. The fraction of sp³-hybridized carbons (Fsp3) is 0.250. The van der Waals surface area contributed by atoms with Gasteiger partial charge in [-0.05, 0) is 25.1 Å². The number of hydrogen-bond acceptors (Lipinski definition) is 3. The van der Waals surface area contributed by atoms with Gasteiger partial charge in [-0.15, -0.1) is 13.2 Å². The SMILES string of the molecule is CC(N)c1cncn1-c1ccc(Br)cc1OC(F)(F)F. The average molecular weight is 350 g/mol. The van der Waals surface area contributed by atoms with Crippen molar-refractivity contribution in [3.8, 4) is 11.4 Å². The van der Waals surface area contributed by atoms with Crippen LogP contribution in [0.2, 0.25) is 0 Å². The molecular weight excluding hydrogens is 339 g/mol. The molecule has 0 radical (unpaired) electrons. The van der Waals surface area contributed by atoms with E-state index >= 15 is 0 Å². The predicted molar refractivity (Wildman–Crippen MR) is 70.5 cm³/mol. The molecule has 2 N–H and O–H groups in total. The summed E-state index contributed by atoms with van der Waals surface area (Å²) in [6, 6.07) is 3.98. The largest absolute Gasteiger partial charge is 0.573 e. The molecule has 0 spiro atoms. The van der Waals surface area contributed by atoms with E-state index in [1.807, 2.05) is 0 Å². The highest BCUT2D eigenvalue weighted by Gasteiger charge is 2.32. The van der Waals surface area contributed by atoms with E-state index in [1.165, 1.54) is 29.2 Å². The third-order valence-electron chi connectivity index (χ3n) is 2.54. The Hall–Kier alpha value is -1.54. The molecule has 0 saturated heterocycles. The van der Waals surface area contributed by atoms with Gasteiger partial charge >= 0.3 is 6.36 Å². The number of halogens is 4. The van der Waals surface area contributed by atoms with Crippen molar-refractivity contribution in [1.82, 2.24) is 9.55 Å². The molecule has 20 heavy (non-hydrogen) atoms. The quantitative estimate of drug-likeness (QED) is 0.921. The molecule has 0 fully saturated rings. The van der Waals surface area contributed by atoms with Crippen LogP contribution in [0.1, 0.15) is 18.7 Å². The molecule has 2 rings (SSSR count). The summed E-state index contributed by atoms with van der Waals surface area (Å²) in [7, 11) is 0. The minimum Gasteiger partial charge on any atom is -0.403 e. The predicted octanol–water partition coefficient (Wildman–Crippen LogP) is 3.55. The van der Waals surface area contributed by atoms with Crippen LogP contribution in [0.4, 0.5) is 13.2 Å². The van der Waals surface area contributed by atoms with E-state index in [0.29, 0.717) is 10.2 Å². The van der Waals surface area contributed by atoms with Crippen molar-refractivity contribution in [2.75, 3.05) is 0 Å². The average Bonchev–Trinajstić information content (AvgIpc) is 2.75. The van der Waals surface area contributed by atoms with E-state index in [9.17, 15) is 13.2 Å². The lowest BCUT2D eigenvalue weighted by molar-refractivity contribution is -0.274. The molecule has 1 aromatic heterocycles. The zero-order chi connectivity index (χ0) is 14.9. The number of alkyl halides is 3. The summed E-state index contributed by atoms with van der Waals surface area (Å²) >= 11 is 3.12. The molecule has 0 saturated carbocycles. The van der Waals surface area contributed by atoms with Crippen LogP contribution in [0.15, 0.2) is 35.2 Å². The van der Waals surface area contributed by atoms with E-state index in [4.69, 9.17) is 5.73 Å². The molecule has 0 aliphatic rings. The van der Waals surface area contributed by atoms with Crippen molar-refractivity contribution in [3.63, 3.8) is 0 Å². The summed E-state index contributed by atoms with van der Waals surface area (Å²) in [5.74, 6) is -0.327. The molecule has 0 amide bonds. The van der Waals surface area contributed by atoms with Crippen molar-refractivity contribution in [2.24, 2.45) is 5.73 Å². The minimum absolute atomic E-state index is 0.218. The van der Waals surface area contributed by atoms with E-state index < -0.39 is 6.36 Å². The zero-order valence-corrected chi connectivity index (χ0v) is 11.9. The third-order valence-corrected chi connectivity index (χ3v) is 3.03. The molecule has 1 atom stereocenters. The number of imidazole rings is 1. The molecule has 1 heterocycles. The number of benzene rings is 1. The van der Waals surface area contributed by atoms with Gasteiger partial charge < -0.3 is 10.5 Å². The molecule has 0 aliphatic carbocycles. The lowest BCUT2D eigenvalue weighted by atomic mass is 10.2. The number of nitrogens with two attached hydrogens (primary N) is 1. The van der Waals surface area contributed by atoms with Crippen molar-refractivity contribution in [2.45, 2.75) is 19.3 Å². The second kappa shape index (κ2) is 5.45. The normalized spacial score (nSPS) is 13.3. The number of nitrogens with zero attached hydrogens (tertiary/aromatic N) is 2. The van der Waals surface area contributed by atoms with E-state index in [-0.39, 0.29) is 17.5 Å². The Morgan fingerprint density at radius 1 is 1.40 bits per heavy atom. The summed E-state index contributed by atoms with van der Waals surface area (Å²) < 4.78 is 43.4. The number of ether oxygens (including phenoxy) is 1. The summed E-state index contributed by atoms with van der Waals surface area (Å²) in [6.07, 6.45) is -1.88. The highest BCUT2D eigenvalue weighted by Crippen LogP contribution is 2.33. The summed E-state index contributed by atoms with van der Waals surface area (Å²) in [5, 5.41) is 0. The van der Waals surface area contributed by atoms with Crippen molar-refractivity contribution in [3.05, 3.63) is 40.9 Å². The van der Waals surface area contributed by atoms with Gasteiger partial charge in [0.15, 0.2) is 5.75 Å². The van der Waals surface area contributed by atoms with E-state index in [1.54, 1.807) is 13.0 Å². The highest BCUT2D eigenvalue weighted by molar-refractivity contribution is 9.10. The number of hydrogen-bond donors (Lipinski definition) is 1. The fourth-order valence-corrected chi connectivity index (χ4v) is 2.08. The Morgan fingerprint density at radius 2 is 2.10 bits per heavy atom. The van der Waals surface area contributed by atoms with Crippen LogP contribution in [0.5, 0.6) is 5.75 Å². The van der Waals surface area contributed by atoms with Gasteiger partial charge in [0, 0.05) is 10.5 Å². The van der Waals surface area contributed by atoms with Crippen LogP contribution >= 0.6 is 15.9 Å². The first-order chi connectivity index (χ1) is 9.28. The maximum atomic E-state index is 12.5. The Bertz CT molecular complexity index is 610. The molecule has 1 aromatic carbocycles. The number of aromatic nitrogens is 2. The summed E-state index contributed by atoms with van der Waals surface area (Å²) in [4.78, 5) is 3.91. The van der Waals surface area contributed by atoms with E-state index in [2.05, 4.69) is 25.7 Å². The first kappa shape index (κ1) is 14.9. The van der Waals surface area contributed by atoms with Crippen molar-refractivity contribution < 1.29 is 17.9 Å².